The van der Waals surface area contributed by atoms with E-state index in [2.05, 4.69) is 15.3 Å². The topological polar surface area (TPSA) is 66.0 Å². The van der Waals surface area contributed by atoms with Crippen molar-refractivity contribution in [3.8, 4) is 17.2 Å². The van der Waals surface area contributed by atoms with E-state index in [4.69, 9.17) is 9.15 Å². The first kappa shape index (κ1) is 14.3. The molecule has 0 spiro atoms. The summed E-state index contributed by atoms with van der Waals surface area (Å²) in [5.41, 5.74) is 3.01. The molecule has 0 fully saturated rings. The Morgan fingerprint density at radius 3 is 2.59 bits per heavy atom. The highest BCUT2D eigenvalue weighted by atomic mass is 16.5. The molecule has 0 N–H and O–H groups in total. The summed E-state index contributed by atoms with van der Waals surface area (Å²) in [5.74, 6) is 1.93. The Labute approximate surface area is 128 Å². The Morgan fingerprint density at radius 2 is 1.95 bits per heavy atom. The number of methoxy groups -OCH3 is 1. The van der Waals surface area contributed by atoms with Gasteiger partial charge in [0.15, 0.2) is 0 Å². The smallest absolute Gasteiger partial charge is 0.251 e. The standard InChI is InChI=1S/C16H18N4O2/c1-4-20-11(2)14(10-17-20)16-19-18-15(22-16)9-12-5-7-13(21-3)8-6-12/h5-8,10H,4,9H2,1-3H3. The van der Waals surface area contributed by atoms with Crippen LogP contribution in [0.15, 0.2) is 34.9 Å². The van der Waals surface area contributed by atoms with Crippen LogP contribution in [0.4, 0.5) is 0 Å². The summed E-state index contributed by atoms with van der Waals surface area (Å²) in [4.78, 5) is 0. The number of aryl methyl sites for hydroxylation is 1. The van der Waals surface area contributed by atoms with E-state index >= 15 is 0 Å². The maximum atomic E-state index is 5.76. The van der Waals surface area contributed by atoms with Gasteiger partial charge in [0.05, 0.1) is 25.3 Å². The zero-order chi connectivity index (χ0) is 15.5. The van der Waals surface area contributed by atoms with Crippen LogP contribution in [-0.2, 0) is 13.0 Å². The maximum Gasteiger partial charge on any atom is 0.251 e. The highest BCUT2D eigenvalue weighted by Crippen LogP contribution is 2.22. The van der Waals surface area contributed by atoms with E-state index in [1.165, 1.54) is 0 Å². The van der Waals surface area contributed by atoms with Crippen molar-refractivity contribution in [2.24, 2.45) is 0 Å². The predicted octanol–water partition coefficient (Wildman–Crippen LogP) is 2.86. The van der Waals surface area contributed by atoms with Crippen LogP contribution in [0.25, 0.3) is 11.5 Å². The van der Waals surface area contributed by atoms with E-state index in [0.29, 0.717) is 18.2 Å². The normalized spacial score (nSPS) is 10.9. The van der Waals surface area contributed by atoms with E-state index in [-0.39, 0.29) is 0 Å². The van der Waals surface area contributed by atoms with Gasteiger partial charge in [-0.2, -0.15) is 5.10 Å². The molecule has 0 amide bonds. The monoisotopic (exact) mass is 298 g/mol. The second-order valence-corrected chi connectivity index (χ2v) is 4.99. The Bertz CT molecular complexity index is 759. The molecule has 0 aliphatic heterocycles. The van der Waals surface area contributed by atoms with Gasteiger partial charge >= 0.3 is 0 Å². The van der Waals surface area contributed by atoms with Gasteiger partial charge in [-0.15, -0.1) is 10.2 Å². The molecule has 0 atom stereocenters. The largest absolute Gasteiger partial charge is 0.497 e. The molecule has 0 radical (unpaired) electrons. The molecular weight excluding hydrogens is 280 g/mol. The van der Waals surface area contributed by atoms with E-state index in [9.17, 15) is 0 Å². The lowest BCUT2D eigenvalue weighted by Gasteiger charge is -2.01. The summed E-state index contributed by atoms with van der Waals surface area (Å²) in [5, 5.41) is 12.5. The minimum Gasteiger partial charge on any atom is -0.497 e. The third-order valence-corrected chi connectivity index (χ3v) is 3.61. The quantitative estimate of drug-likeness (QED) is 0.724. The summed E-state index contributed by atoms with van der Waals surface area (Å²) in [7, 11) is 1.65. The molecule has 2 heterocycles. The molecule has 1 aromatic carbocycles. The summed E-state index contributed by atoms with van der Waals surface area (Å²) >= 11 is 0. The molecule has 114 valence electrons. The number of hydrogen-bond acceptors (Lipinski definition) is 5. The summed E-state index contributed by atoms with van der Waals surface area (Å²) in [6.07, 6.45) is 2.36. The Morgan fingerprint density at radius 1 is 1.18 bits per heavy atom. The molecule has 2 aromatic heterocycles. The first-order chi connectivity index (χ1) is 10.7. The molecule has 6 heteroatoms. The zero-order valence-corrected chi connectivity index (χ0v) is 12.9. The molecule has 0 aliphatic carbocycles. The molecule has 22 heavy (non-hydrogen) atoms. The van der Waals surface area contributed by atoms with Crippen molar-refractivity contribution in [2.75, 3.05) is 7.11 Å². The summed E-state index contributed by atoms with van der Waals surface area (Å²) < 4.78 is 12.8. The van der Waals surface area contributed by atoms with Crippen molar-refractivity contribution in [3.63, 3.8) is 0 Å². The van der Waals surface area contributed by atoms with Crippen molar-refractivity contribution in [3.05, 3.63) is 47.6 Å². The SMILES string of the molecule is CCn1ncc(-c2nnc(Cc3ccc(OC)cc3)o2)c1C. The van der Waals surface area contributed by atoms with Crippen LogP contribution in [0.1, 0.15) is 24.1 Å². The fraction of sp³-hybridized carbons (Fsp3) is 0.312. The fourth-order valence-electron chi connectivity index (χ4n) is 2.33. The van der Waals surface area contributed by atoms with Gasteiger partial charge in [-0.3, -0.25) is 4.68 Å². The van der Waals surface area contributed by atoms with Gasteiger partial charge in [-0.25, -0.2) is 0 Å². The van der Waals surface area contributed by atoms with E-state index in [0.717, 1.165) is 29.1 Å². The number of nitrogens with zero attached hydrogens (tertiary/aromatic N) is 4. The van der Waals surface area contributed by atoms with Crippen LogP contribution in [-0.4, -0.2) is 27.1 Å². The van der Waals surface area contributed by atoms with Gasteiger partial charge in [0.25, 0.3) is 5.89 Å². The van der Waals surface area contributed by atoms with Crippen LogP contribution in [0.3, 0.4) is 0 Å². The zero-order valence-electron chi connectivity index (χ0n) is 12.9. The Balaban J connectivity index is 1.79. The van der Waals surface area contributed by atoms with Gasteiger partial charge in [0.2, 0.25) is 5.89 Å². The van der Waals surface area contributed by atoms with Crippen LogP contribution >= 0.6 is 0 Å². The van der Waals surface area contributed by atoms with Crippen molar-refractivity contribution >= 4 is 0 Å². The summed E-state index contributed by atoms with van der Waals surface area (Å²) in [6, 6.07) is 7.82. The highest BCUT2D eigenvalue weighted by Gasteiger charge is 2.14. The van der Waals surface area contributed by atoms with Crippen molar-refractivity contribution in [1.82, 2.24) is 20.0 Å². The van der Waals surface area contributed by atoms with Crippen molar-refractivity contribution < 1.29 is 9.15 Å². The third kappa shape index (κ3) is 2.72. The van der Waals surface area contributed by atoms with Gasteiger partial charge in [0.1, 0.15) is 5.75 Å². The average molecular weight is 298 g/mol. The van der Waals surface area contributed by atoms with Gasteiger partial charge in [-0.05, 0) is 31.5 Å². The Kier molecular flexibility index (Phi) is 3.91. The van der Waals surface area contributed by atoms with Crippen LogP contribution < -0.4 is 4.74 Å². The van der Waals surface area contributed by atoms with Gasteiger partial charge < -0.3 is 9.15 Å². The number of rotatable bonds is 5. The molecular formula is C16H18N4O2. The molecule has 0 unspecified atom stereocenters. The second-order valence-electron chi connectivity index (χ2n) is 4.99. The number of ether oxygens (including phenoxy) is 1. The molecule has 0 saturated heterocycles. The number of aromatic nitrogens is 4. The second kappa shape index (κ2) is 6.01. The Hall–Kier alpha value is -2.63. The van der Waals surface area contributed by atoms with E-state index in [1.54, 1.807) is 13.3 Å². The van der Waals surface area contributed by atoms with Crippen LogP contribution in [0.5, 0.6) is 5.75 Å². The molecule has 0 aliphatic rings. The third-order valence-electron chi connectivity index (χ3n) is 3.61. The fourth-order valence-corrected chi connectivity index (χ4v) is 2.33. The van der Waals surface area contributed by atoms with Crippen molar-refractivity contribution in [2.45, 2.75) is 26.8 Å². The van der Waals surface area contributed by atoms with E-state index in [1.807, 2.05) is 42.8 Å². The van der Waals surface area contributed by atoms with Crippen LogP contribution in [0.2, 0.25) is 0 Å². The minimum atomic E-state index is 0.515. The van der Waals surface area contributed by atoms with Gasteiger partial charge in [-0.1, -0.05) is 12.1 Å². The maximum absolute atomic E-state index is 5.76. The molecule has 3 rings (SSSR count). The molecule has 3 aromatic rings. The lowest BCUT2D eigenvalue weighted by Crippen LogP contribution is -1.98. The van der Waals surface area contributed by atoms with Crippen LogP contribution in [0, 0.1) is 6.92 Å². The minimum absolute atomic E-state index is 0.515. The summed E-state index contributed by atoms with van der Waals surface area (Å²) in [6.45, 7) is 4.87. The number of benzene rings is 1. The molecule has 0 saturated carbocycles. The highest BCUT2D eigenvalue weighted by molar-refractivity contribution is 5.54. The van der Waals surface area contributed by atoms with Gasteiger partial charge in [0, 0.05) is 12.2 Å². The lowest BCUT2D eigenvalue weighted by molar-refractivity contribution is 0.414. The van der Waals surface area contributed by atoms with Crippen molar-refractivity contribution in [1.29, 1.82) is 0 Å². The van der Waals surface area contributed by atoms with E-state index < -0.39 is 0 Å². The lowest BCUT2D eigenvalue weighted by atomic mass is 10.1. The first-order valence-corrected chi connectivity index (χ1v) is 7.19. The average Bonchev–Trinajstić information content (AvgIpc) is 3.14. The number of hydrogen-bond donors (Lipinski definition) is 0. The molecule has 0 bridgehead atoms. The molecule has 6 nitrogen and oxygen atoms in total. The predicted molar refractivity (Wildman–Crippen MR) is 81.7 cm³/mol. The first-order valence-electron chi connectivity index (χ1n) is 7.19.